The monoisotopic (exact) mass is 303 g/mol. The van der Waals surface area contributed by atoms with Crippen molar-refractivity contribution in [1.29, 1.82) is 0 Å². The van der Waals surface area contributed by atoms with Gasteiger partial charge >= 0.3 is 5.97 Å². The fourth-order valence-electron chi connectivity index (χ4n) is 3.46. The highest BCUT2D eigenvalue weighted by Gasteiger charge is 2.40. The van der Waals surface area contributed by atoms with Gasteiger partial charge in [-0.25, -0.2) is 4.79 Å². The van der Waals surface area contributed by atoms with Crippen molar-refractivity contribution in [3.63, 3.8) is 0 Å². The van der Waals surface area contributed by atoms with E-state index in [1.54, 1.807) is 18.2 Å². The summed E-state index contributed by atoms with van der Waals surface area (Å²) < 4.78 is 5.42. The first-order valence-corrected chi connectivity index (χ1v) is 7.76. The van der Waals surface area contributed by atoms with Gasteiger partial charge in [-0.2, -0.15) is 0 Å². The summed E-state index contributed by atoms with van der Waals surface area (Å²) in [4.78, 5) is 25.4. The highest BCUT2D eigenvalue weighted by molar-refractivity contribution is 5.88. The van der Waals surface area contributed by atoms with E-state index in [1.807, 2.05) is 11.0 Å². The van der Waals surface area contributed by atoms with E-state index in [0.29, 0.717) is 0 Å². The molecular weight excluding hydrogens is 282 g/mol. The van der Waals surface area contributed by atoms with Crippen LogP contribution < -0.4 is 0 Å². The molecule has 5 heteroatoms. The van der Waals surface area contributed by atoms with Crippen molar-refractivity contribution in [3.8, 4) is 0 Å². The number of carbonyl (C=O) groups is 2. The molecule has 2 aliphatic rings. The van der Waals surface area contributed by atoms with Gasteiger partial charge in [-0.1, -0.05) is 12.1 Å². The second-order valence-corrected chi connectivity index (χ2v) is 6.36. The third-order valence-corrected chi connectivity index (χ3v) is 4.87. The standard InChI is InChI=1S/C17H21NO4/c19-15(11-13-2-1-3-14(10-13)16(20)21)18-7-4-17(12-18)5-8-22-9-6-17/h1-3,10H,4-9,11-12H2,(H,20,21). The molecule has 0 bridgehead atoms. The first-order valence-electron chi connectivity index (χ1n) is 7.76. The Morgan fingerprint density at radius 3 is 2.73 bits per heavy atom. The van der Waals surface area contributed by atoms with E-state index in [1.165, 1.54) is 0 Å². The van der Waals surface area contributed by atoms with Gasteiger partial charge in [0, 0.05) is 26.3 Å². The summed E-state index contributed by atoms with van der Waals surface area (Å²) in [6, 6.07) is 6.63. The lowest BCUT2D eigenvalue weighted by molar-refractivity contribution is -0.130. The topological polar surface area (TPSA) is 66.8 Å². The van der Waals surface area contributed by atoms with Crippen LogP contribution in [0.3, 0.4) is 0 Å². The molecule has 0 atom stereocenters. The summed E-state index contributed by atoms with van der Waals surface area (Å²) >= 11 is 0. The van der Waals surface area contributed by atoms with Crippen molar-refractivity contribution >= 4 is 11.9 Å². The van der Waals surface area contributed by atoms with Crippen molar-refractivity contribution in [2.45, 2.75) is 25.7 Å². The smallest absolute Gasteiger partial charge is 0.335 e. The molecule has 1 aromatic carbocycles. The van der Waals surface area contributed by atoms with Gasteiger partial charge in [0.25, 0.3) is 0 Å². The maximum absolute atomic E-state index is 12.5. The van der Waals surface area contributed by atoms with Crippen LogP contribution in [-0.4, -0.2) is 48.2 Å². The van der Waals surface area contributed by atoms with E-state index in [9.17, 15) is 9.59 Å². The number of carboxylic acid groups (broad SMARTS) is 1. The Morgan fingerprint density at radius 2 is 2.00 bits per heavy atom. The molecule has 2 fully saturated rings. The van der Waals surface area contributed by atoms with Gasteiger partial charge < -0.3 is 14.7 Å². The predicted molar refractivity (Wildman–Crippen MR) is 80.8 cm³/mol. The molecular formula is C17H21NO4. The van der Waals surface area contributed by atoms with E-state index in [2.05, 4.69) is 0 Å². The number of carboxylic acids is 1. The molecule has 2 heterocycles. The molecule has 0 aromatic heterocycles. The first kappa shape index (κ1) is 15.0. The molecule has 0 radical (unpaired) electrons. The number of ether oxygens (including phenoxy) is 1. The van der Waals surface area contributed by atoms with Gasteiger partial charge in [-0.05, 0) is 42.4 Å². The maximum Gasteiger partial charge on any atom is 0.335 e. The average Bonchev–Trinajstić information content (AvgIpc) is 2.92. The number of nitrogens with zero attached hydrogens (tertiary/aromatic N) is 1. The fourth-order valence-corrected chi connectivity index (χ4v) is 3.46. The van der Waals surface area contributed by atoms with Gasteiger partial charge in [0.05, 0.1) is 12.0 Å². The molecule has 3 rings (SSSR count). The van der Waals surface area contributed by atoms with E-state index < -0.39 is 5.97 Å². The normalized spacial score (nSPS) is 20.3. The Hall–Kier alpha value is -1.88. The minimum Gasteiger partial charge on any atom is -0.478 e. The lowest BCUT2D eigenvalue weighted by Gasteiger charge is -2.33. The van der Waals surface area contributed by atoms with Crippen molar-refractivity contribution in [2.75, 3.05) is 26.3 Å². The van der Waals surface area contributed by atoms with Crippen LogP contribution in [0.25, 0.3) is 0 Å². The predicted octanol–water partition coefficient (Wildman–Crippen LogP) is 1.96. The number of carbonyl (C=O) groups excluding carboxylic acids is 1. The van der Waals surface area contributed by atoms with Crippen LogP contribution in [0.15, 0.2) is 24.3 Å². The van der Waals surface area contributed by atoms with Crippen LogP contribution in [-0.2, 0) is 16.0 Å². The summed E-state index contributed by atoms with van der Waals surface area (Å²) in [7, 11) is 0. The van der Waals surface area contributed by atoms with Crippen LogP contribution in [0.2, 0.25) is 0 Å². The number of hydrogen-bond acceptors (Lipinski definition) is 3. The molecule has 118 valence electrons. The second-order valence-electron chi connectivity index (χ2n) is 6.36. The van der Waals surface area contributed by atoms with E-state index in [0.717, 1.165) is 51.1 Å². The molecule has 2 saturated heterocycles. The Morgan fingerprint density at radius 1 is 1.23 bits per heavy atom. The van der Waals surface area contributed by atoms with Crippen molar-refractivity contribution < 1.29 is 19.4 Å². The molecule has 22 heavy (non-hydrogen) atoms. The number of amides is 1. The molecule has 1 N–H and O–H groups in total. The molecule has 2 aliphatic heterocycles. The van der Waals surface area contributed by atoms with E-state index >= 15 is 0 Å². The highest BCUT2D eigenvalue weighted by Crippen LogP contribution is 2.39. The molecule has 1 amide bonds. The van der Waals surface area contributed by atoms with Gasteiger partial charge in [-0.3, -0.25) is 4.79 Å². The van der Waals surface area contributed by atoms with Crippen LogP contribution in [0.4, 0.5) is 0 Å². The first-order chi connectivity index (χ1) is 10.6. The minimum absolute atomic E-state index is 0.0888. The van der Waals surface area contributed by atoms with E-state index in [-0.39, 0.29) is 23.3 Å². The van der Waals surface area contributed by atoms with Crippen LogP contribution in [0, 0.1) is 5.41 Å². The Kier molecular flexibility index (Phi) is 4.16. The highest BCUT2D eigenvalue weighted by atomic mass is 16.5. The molecule has 0 aliphatic carbocycles. The summed E-state index contributed by atoms with van der Waals surface area (Å²) in [6.45, 7) is 3.21. The van der Waals surface area contributed by atoms with Crippen LogP contribution in [0.1, 0.15) is 35.2 Å². The number of likely N-dealkylation sites (tertiary alicyclic amines) is 1. The molecule has 0 saturated carbocycles. The zero-order valence-corrected chi connectivity index (χ0v) is 12.6. The molecule has 1 spiro atoms. The Bertz CT molecular complexity index is 578. The van der Waals surface area contributed by atoms with Gasteiger partial charge in [0.15, 0.2) is 0 Å². The Labute approximate surface area is 129 Å². The SMILES string of the molecule is O=C(O)c1cccc(CC(=O)N2CCC3(CCOCC3)C2)c1. The number of hydrogen-bond donors (Lipinski definition) is 1. The van der Waals surface area contributed by atoms with Gasteiger partial charge in [0.1, 0.15) is 0 Å². The zero-order chi connectivity index (χ0) is 15.6. The van der Waals surface area contributed by atoms with Crippen molar-refractivity contribution in [2.24, 2.45) is 5.41 Å². The number of benzene rings is 1. The fraction of sp³-hybridized carbons (Fsp3) is 0.529. The maximum atomic E-state index is 12.5. The van der Waals surface area contributed by atoms with Gasteiger partial charge in [0.2, 0.25) is 5.91 Å². The third-order valence-electron chi connectivity index (χ3n) is 4.87. The number of rotatable bonds is 3. The Balaban J connectivity index is 1.63. The largest absolute Gasteiger partial charge is 0.478 e. The summed E-state index contributed by atoms with van der Waals surface area (Å²) in [5.74, 6) is -0.873. The lowest BCUT2D eigenvalue weighted by atomic mass is 9.80. The average molecular weight is 303 g/mol. The second kappa shape index (κ2) is 6.08. The zero-order valence-electron chi connectivity index (χ0n) is 12.6. The van der Waals surface area contributed by atoms with Gasteiger partial charge in [-0.15, -0.1) is 0 Å². The van der Waals surface area contributed by atoms with Crippen molar-refractivity contribution in [3.05, 3.63) is 35.4 Å². The summed E-state index contributed by atoms with van der Waals surface area (Å²) in [5, 5.41) is 9.01. The molecule has 0 unspecified atom stereocenters. The quantitative estimate of drug-likeness (QED) is 0.927. The summed E-state index contributed by atoms with van der Waals surface area (Å²) in [5.41, 5.74) is 1.24. The van der Waals surface area contributed by atoms with Crippen LogP contribution >= 0.6 is 0 Å². The third kappa shape index (κ3) is 3.14. The van der Waals surface area contributed by atoms with Crippen molar-refractivity contribution in [1.82, 2.24) is 4.90 Å². The minimum atomic E-state index is -0.961. The summed E-state index contributed by atoms with van der Waals surface area (Å²) in [6.07, 6.45) is 3.39. The lowest BCUT2D eigenvalue weighted by Crippen LogP contribution is -2.36. The van der Waals surface area contributed by atoms with Crippen LogP contribution in [0.5, 0.6) is 0 Å². The van der Waals surface area contributed by atoms with E-state index in [4.69, 9.17) is 9.84 Å². The number of aromatic carboxylic acids is 1. The molecule has 5 nitrogen and oxygen atoms in total. The molecule has 1 aromatic rings.